The molecule has 0 saturated heterocycles. The van der Waals surface area contributed by atoms with E-state index in [-0.39, 0.29) is 11.8 Å². The maximum atomic E-state index is 12.1. The summed E-state index contributed by atoms with van der Waals surface area (Å²) in [5.74, 6) is 0.673. The fourth-order valence-corrected chi connectivity index (χ4v) is 2.79. The van der Waals surface area contributed by atoms with Gasteiger partial charge in [0, 0.05) is 12.5 Å². The van der Waals surface area contributed by atoms with Gasteiger partial charge < -0.3 is 11.1 Å². The summed E-state index contributed by atoms with van der Waals surface area (Å²) < 4.78 is 0. The molecular formula is C15H22N2O. The van der Waals surface area contributed by atoms with Crippen molar-refractivity contribution in [3.63, 3.8) is 0 Å². The lowest BCUT2D eigenvalue weighted by Gasteiger charge is -2.17. The van der Waals surface area contributed by atoms with Crippen LogP contribution in [0.4, 0.5) is 0 Å². The molecule has 1 aliphatic rings. The SMILES string of the molecule is Cc1ccccc1CNC(=O)C1CCCC1CN. The molecule has 2 atom stereocenters. The van der Waals surface area contributed by atoms with E-state index in [1.807, 2.05) is 12.1 Å². The second kappa shape index (κ2) is 6.01. The standard InChI is InChI=1S/C15H22N2O/c1-11-5-2-3-6-13(11)10-17-15(18)14-8-4-7-12(14)9-16/h2-3,5-6,12,14H,4,7-10,16H2,1H3,(H,17,18). The highest BCUT2D eigenvalue weighted by molar-refractivity contribution is 5.79. The fraction of sp³-hybridized carbons (Fsp3) is 0.533. The molecule has 18 heavy (non-hydrogen) atoms. The maximum absolute atomic E-state index is 12.1. The number of hydrogen-bond acceptors (Lipinski definition) is 2. The molecule has 0 aromatic heterocycles. The van der Waals surface area contributed by atoms with Crippen LogP contribution in [-0.2, 0) is 11.3 Å². The largest absolute Gasteiger partial charge is 0.352 e. The molecule has 3 N–H and O–H groups in total. The predicted molar refractivity (Wildman–Crippen MR) is 72.9 cm³/mol. The fourth-order valence-electron chi connectivity index (χ4n) is 2.79. The number of hydrogen-bond donors (Lipinski definition) is 2. The number of aryl methyl sites for hydroxylation is 1. The van der Waals surface area contributed by atoms with Gasteiger partial charge in [0.25, 0.3) is 0 Å². The molecule has 1 saturated carbocycles. The molecule has 2 rings (SSSR count). The summed E-state index contributed by atoms with van der Waals surface area (Å²) in [6.07, 6.45) is 3.21. The first-order valence-electron chi connectivity index (χ1n) is 6.74. The Morgan fingerprint density at radius 3 is 2.89 bits per heavy atom. The highest BCUT2D eigenvalue weighted by Crippen LogP contribution is 2.30. The molecule has 0 bridgehead atoms. The number of benzene rings is 1. The van der Waals surface area contributed by atoms with E-state index >= 15 is 0 Å². The Morgan fingerprint density at radius 2 is 2.17 bits per heavy atom. The van der Waals surface area contributed by atoms with Crippen molar-refractivity contribution < 1.29 is 4.79 Å². The number of amides is 1. The molecule has 0 heterocycles. The number of rotatable bonds is 4. The van der Waals surface area contributed by atoms with Crippen LogP contribution in [0.5, 0.6) is 0 Å². The van der Waals surface area contributed by atoms with E-state index in [0.717, 1.165) is 19.3 Å². The number of nitrogens with one attached hydrogen (secondary N) is 1. The third kappa shape index (κ3) is 2.91. The molecule has 1 aromatic rings. The Kier molecular flexibility index (Phi) is 4.37. The molecule has 98 valence electrons. The Hall–Kier alpha value is -1.35. The molecule has 0 radical (unpaired) electrons. The highest BCUT2D eigenvalue weighted by atomic mass is 16.1. The molecule has 1 aromatic carbocycles. The number of carbonyl (C=O) groups is 1. The van der Waals surface area contributed by atoms with Crippen molar-refractivity contribution in [3.05, 3.63) is 35.4 Å². The van der Waals surface area contributed by atoms with Gasteiger partial charge in [0.15, 0.2) is 0 Å². The summed E-state index contributed by atoms with van der Waals surface area (Å²) in [6, 6.07) is 8.15. The van der Waals surface area contributed by atoms with Crippen LogP contribution in [0.15, 0.2) is 24.3 Å². The van der Waals surface area contributed by atoms with Crippen molar-refractivity contribution in [1.29, 1.82) is 0 Å². The van der Waals surface area contributed by atoms with Gasteiger partial charge >= 0.3 is 0 Å². The van der Waals surface area contributed by atoms with Crippen LogP contribution in [-0.4, -0.2) is 12.5 Å². The van der Waals surface area contributed by atoms with E-state index in [1.54, 1.807) is 0 Å². The van der Waals surface area contributed by atoms with Crippen molar-refractivity contribution >= 4 is 5.91 Å². The van der Waals surface area contributed by atoms with Gasteiger partial charge in [-0.25, -0.2) is 0 Å². The van der Waals surface area contributed by atoms with Crippen LogP contribution >= 0.6 is 0 Å². The van der Waals surface area contributed by atoms with E-state index < -0.39 is 0 Å². The third-order valence-electron chi connectivity index (χ3n) is 4.01. The second-order valence-corrected chi connectivity index (χ2v) is 5.18. The summed E-state index contributed by atoms with van der Waals surface area (Å²) in [4.78, 5) is 12.1. The highest BCUT2D eigenvalue weighted by Gasteiger charge is 2.31. The summed E-state index contributed by atoms with van der Waals surface area (Å²) >= 11 is 0. The molecule has 3 heteroatoms. The minimum Gasteiger partial charge on any atom is -0.352 e. The van der Waals surface area contributed by atoms with Crippen LogP contribution in [0.25, 0.3) is 0 Å². The minimum absolute atomic E-state index is 0.124. The van der Waals surface area contributed by atoms with Gasteiger partial charge in [-0.2, -0.15) is 0 Å². The first-order chi connectivity index (χ1) is 8.72. The van der Waals surface area contributed by atoms with Gasteiger partial charge in [0.2, 0.25) is 5.91 Å². The van der Waals surface area contributed by atoms with E-state index in [2.05, 4.69) is 24.4 Å². The number of carbonyl (C=O) groups excluding carboxylic acids is 1. The Labute approximate surface area is 109 Å². The van der Waals surface area contributed by atoms with Gasteiger partial charge in [-0.05, 0) is 43.4 Å². The molecule has 0 aliphatic heterocycles. The Balaban J connectivity index is 1.90. The summed E-state index contributed by atoms with van der Waals surface area (Å²) in [7, 11) is 0. The van der Waals surface area contributed by atoms with Crippen molar-refractivity contribution in [2.24, 2.45) is 17.6 Å². The summed E-state index contributed by atoms with van der Waals surface area (Å²) in [5, 5.41) is 3.05. The zero-order valence-electron chi connectivity index (χ0n) is 11.0. The van der Waals surface area contributed by atoms with Crippen LogP contribution in [0.3, 0.4) is 0 Å². The van der Waals surface area contributed by atoms with E-state index in [9.17, 15) is 4.79 Å². The topological polar surface area (TPSA) is 55.1 Å². The molecule has 1 fully saturated rings. The number of nitrogens with two attached hydrogens (primary N) is 1. The van der Waals surface area contributed by atoms with E-state index in [4.69, 9.17) is 5.73 Å². The predicted octanol–water partition coefficient (Wildman–Crippen LogP) is 1.99. The van der Waals surface area contributed by atoms with Crippen LogP contribution in [0, 0.1) is 18.8 Å². The average molecular weight is 246 g/mol. The Bertz CT molecular complexity index is 417. The van der Waals surface area contributed by atoms with Gasteiger partial charge in [-0.15, -0.1) is 0 Å². The smallest absolute Gasteiger partial charge is 0.223 e. The summed E-state index contributed by atoms with van der Waals surface area (Å²) in [6.45, 7) is 3.32. The molecular weight excluding hydrogens is 224 g/mol. The summed E-state index contributed by atoms with van der Waals surface area (Å²) in [5.41, 5.74) is 8.12. The van der Waals surface area contributed by atoms with Crippen LogP contribution in [0.2, 0.25) is 0 Å². The van der Waals surface area contributed by atoms with Crippen molar-refractivity contribution in [3.8, 4) is 0 Å². The van der Waals surface area contributed by atoms with Gasteiger partial charge in [-0.1, -0.05) is 30.7 Å². The lowest BCUT2D eigenvalue weighted by molar-refractivity contribution is -0.126. The normalized spacial score (nSPS) is 23.0. The second-order valence-electron chi connectivity index (χ2n) is 5.18. The first-order valence-corrected chi connectivity index (χ1v) is 6.74. The van der Waals surface area contributed by atoms with Crippen LogP contribution in [0.1, 0.15) is 30.4 Å². The van der Waals surface area contributed by atoms with Crippen LogP contribution < -0.4 is 11.1 Å². The average Bonchev–Trinajstić information content (AvgIpc) is 2.86. The quantitative estimate of drug-likeness (QED) is 0.853. The van der Waals surface area contributed by atoms with Crippen molar-refractivity contribution in [1.82, 2.24) is 5.32 Å². The lowest BCUT2D eigenvalue weighted by Crippen LogP contribution is -2.34. The maximum Gasteiger partial charge on any atom is 0.223 e. The van der Waals surface area contributed by atoms with E-state index in [1.165, 1.54) is 11.1 Å². The van der Waals surface area contributed by atoms with Gasteiger partial charge in [-0.3, -0.25) is 4.79 Å². The third-order valence-corrected chi connectivity index (χ3v) is 4.01. The minimum atomic E-state index is 0.124. The van der Waals surface area contributed by atoms with Gasteiger partial charge in [0.05, 0.1) is 0 Å². The molecule has 3 nitrogen and oxygen atoms in total. The van der Waals surface area contributed by atoms with Gasteiger partial charge in [0.1, 0.15) is 0 Å². The van der Waals surface area contributed by atoms with Crippen molar-refractivity contribution in [2.45, 2.75) is 32.7 Å². The molecule has 1 amide bonds. The Morgan fingerprint density at radius 1 is 1.39 bits per heavy atom. The zero-order chi connectivity index (χ0) is 13.0. The zero-order valence-corrected chi connectivity index (χ0v) is 11.0. The van der Waals surface area contributed by atoms with Crippen molar-refractivity contribution in [2.75, 3.05) is 6.54 Å². The monoisotopic (exact) mass is 246 g/mol. The molecule has 2 unspecified atom stereocenters. The lowest BCUT2D eigenvalue weighted by atomic mass is 9.95. The molecule has 1 aliphatic carbocycles. The molecule has 0 spiro atoms. The van der Waals surface area contributed by atoms with E-state index in [0.29, 0.717) is 19.0 Å². The first kappa shape index (κ1) is 13.1.